The maximum atomic E-state index is 9.92. The Balaban J connectivity index is 2.08. The lowest BCUT2D eigenvalue weighted by Crippen LogP contribution is -2.63. The standard InChI is InChI=1S/C12H22O10/c1-3-5(14)8(17)10(11(19)20-3)22-12-9(18)7(16)6(15)4(2-13)21-12/h3-19H,2H2,1H3/t3-,4-,5+,6+,7+,8+,9-,10-,11-,12+/m1/s1. The van der Waals surface area contributed by atoms with E-state index in [2.05, 4.69) is 0 Å². The lowest BCUT2D eigenvalue weighted by Gasteiger charge is -2.44. The molecular weight excluding hydrogens is 304 g/mol. The molecule has 0 amide bonds. The van der Waals surface area contributed by atoms with E-state index >= 15 is 0 Å². The fraction of sp³-hybridized carbons (Fsp3) is 1.00. The fourth-order valence-corrected chi connectivity index (χ4v) is 2.50. The van der Waals surface area contributed by atoms with Gasteiger partial charge in [0.25, 0.3) is 0 Å². The van der Waals surface area contributed by atoms with Gasteiger partial charge in [-0.25, -0.2) is 0 Å². The zero-order chi connectivity index (χ0) is 16.6. The first-order valence-electron chi connectivity index (χ1n) is 6.93. The third kappa shape index (κ3) is 3.26. The fourth-order valence-electron chi connectivity index (χ4n) is 2.50. The summed E-state index contributed by atoms with van der Waals surface area (Å²) >= 11 is 0. The highest BCUT2D eigenvalue weighted by Gasteiger charge is 2.49. The third-order valence-electron chi connectivity index (χ3n) is 3.94. The smallest absolute Gasteiger partial charge is 0.187 e. The van der Waals surface area contributed by atoms with Crippen LogP contribution in [0.4, 0.5) is 0 Å². The molecule has 0 aromatic heterocycles. The second-order valence-electron chi connectivity index (χ2n) is 5.51. The average molecular weight is 326 g/mol. The Morgan fingerprint density at radius 1 is 0.818 bits per heavy atom. The first-order valence-corrected chi connectivity index (χ1v) is 6.93. The molecular formula is C12H22O10. The molecule has 22 heavy (non-hydrogen) atoms. The molecule has 10 nitrogen and oxygen atoms in total. The van der Waals surface area contributed by atoms with E-state index in [1.807, 2.05) is 0 Å². The van der Waals surface area contributed by atoms with Crippen LogP contribution in [0.5, 0.6) is 0 Å². The van der Waals surface area contributed by atoms with Crippen LogP contribution in [0.2, 0.25) is 0 Å². The molecule has 10 heteroatoms. The third-order valence-corrected chi connectivity index (χ3v) is 3.94. The Labute approximate surface area is 126 Å². The van der Waals surface area contributed by atoms with Crippen molar-refractivity contribution in [3.8, 4) is 0 Å². The summed E-state index contributed by atoms with van der Waals surface area (Å²) in [6.07, 6.45) is -14.4. The predicted octanol–water partition coefficient (Wildman–Crippen LogP) is -4.37. The highest BCUT2D eigenvalue weighted by Crippen LogP contribution is 2.28. The topological polar surface area (TPSA) is 169 Å². The molecule has 2 rings (SSSR count). The number of ether oxygens (including phenoxy) is 3. The molecule has 2 heterocycles. The molecule has 0 unspecified atom stereocenters. The lowest BCUT2D eigenvalue weighted by molar-refractivity contribution is -0.359. The molecule has 2 aliphatic rings. The first-order chi connectivity index (χ1) is 10.3. The van der Waals surface area contributed by atoms with Crippen LogP contribution in [-0.2, 0) is 14.2 Å². The summed E-state index contributed by atoms with van der Waals surface area (Å²) in [5.74, 6) is 0. The maximum absolute atomic E-state index is 9.92. The van der Waals surface area contributed by atoms with Gasteiger partial charge in [-0.3, -0.25) is 0 Å². The van der Waals surface area contributed by atoms with Crippen molar-refractivity contribution in [3.05, 3.63) is 0 Å². The van der Waals surface area contributed by atoms with Gasteiger partial charge in [0.05, 0.1) is 12.7 Å². The number of aliphatic hydroxyl groups excluding tert-OH is 7. The van der Waals surface area contributed by atoms with E-state index in [4.69, 9.17) is 19.3 Å². The van der Waals surface area contributed by atoms with E-state index in [0.29, 0.717) is 0 Å². The maximum Gasteiger partial charge on any atom is 0.187 e. The van der Waals surface area contributed by atoms with Crippen LogP contribution in [0.15, 0.2) is 0 Å². The van der Waals surface area contributed by atoms with Gasteiger partial charge < -0.3 is 50.0 Å². The minimum Gasteiger partial charge on any atom is -0.394 e. The van der Waals surface area contributed by atoms with Crippen molar-refractivity contribution >= 4 is 0 Å². The molecule has 10 atom stereocenters. The quantitative estimate of drug-likeness (QED) is 0.269. The summed E-state index contributed by atoms with van der Waals surface area (Å²) in [5, 5.41) is 67.6. The molecule has 0 aromatic rings. The largest absolute Gasteiger partial charge is 0.394 e. The van der Waals surface area contributed by atoms with Gasteiger partial charge in [-0.15, -0.1) is 0 Å². The first kappa shape index (κ1) is 17.9. The summed E-state index contributed by atoms with van der Waals surface area (Å²) in [6.45, 7) is 0.803. The van der Waals surface area contributed by atoms with E-state index in [1.54, 1.807) is 0 Å². The van der Waals surface area contributed by atoms with Crippen LogP contribution in [0.3, 0.4) is 0 Å². The van der Waals surface area contributed by atoms with Crippen molar-refractivity contribution < 1.29 is 50.0 Å². The van der Waals surface area contributed by atoms with Crippen molar-refractivity contribution in [1.82, 2.24) is 0 Å². The molecule has 130 valence electrons. The van der Waals surface area contributed by atoms with Crippen LogP contribution in [0.1, 0.15) is 6.92 Å². The number of hydrogen-bond acceptors (Lipinski definition) is 10. The van der Waals surface area contributed by atoms with E-state index < -0.39 is 68.0 Å². The van der Waals surface area contributed by atoms with Gasteiger partial charge in [0.2, 0.25) is 0 Å². The Kier molecular flexibility index (Phi) is 5.72. The van der Waals surface area contributed by atoms with Crippen molar-refractivity contribution in [3.63, 3.8) is 0 Å². The Hall–Kier alpha value is -0.400. The van der Waals surface area contributed by atoms with Gasteiger partial charge in [-0.05, 0) is 6.92 Å². The number of hydrogen-bond donors (Lipinski definition) is 7. The highest BCUT2D eigenvalue weighted by molar-refractivity contribution is 4.92. The molecule has 0 saturated carbocycles. The van der Waals surface area contributed by atoms with E-state index in [0.717, 1.165) is 0 Å². The van der Waals surface area contributed by atoms with E-state index in [-0.39, 0.29) is 0 Å². The van der Waals surface area contributed by atoms with E-state index in [9.17, 15) is 30.6 Å². The minimum atomic E-state index is -1.69. The van der Waals surface area contributed by atoms with Crippen LogP contribution in [0.25, 0.3) is 0 Å². The summed E-state index contributed by atoms with van der Waals surface area (Å²) < 4.78 is 15.3. The Morgan fingerprint density at radius 3 is 2.05 bits per heavy atom. The SMILES string of the molecule is C[C@H]1O[C@@H](O)[C@H](O[C@@H]2O[C@H](CO)[C@H](O)[C@H](O)[C@H]2O)[C@@H](O)[C@H]1O. The van der Waals surface area contributed by atoms with Crippen molar-refractivity contribution in [2.24, 2.45) is 0 Å². The summed E-state index contributed by atoms with van der Waals surface area (Å²) in [6, 6.07) is 0. The molecule has 2 fully saturated rings. The number of rotatable bonds is 3. The zero-order valence-electron chi connectivity index (χ0n) is 11.8. The predicted molar refractivity (Wildman–Crippen MR) is 67.2 cm³/mol. The molecule has 7 N–H and O–H groups in total. The average Bonchev–Trinajstić information content (AvgIpc) is 2.49. The van der Waals surface area contributed by atoms with Crippen LogP contribution >= 0.6 is 0 Å². The summed E-state index contributed by atoms with van der Waals surface area (Å²) in [7, 11) is 0. The highest BCUT2D eigenvalue weighted by atomic mass is 16.7. The molecule has 0 spiro atoms. The van der Waals surface area contributed by atoms with Gasteiger partial charge >= 0.3 is 0 Å². The van der Waals surface area contributed by atoms with Gasteiger partial charge in [0, 0.05) is 0 Å². The van der Waals surface area contributed by atoms with E-state index in [1.165, 1.54) is 6.92 Å². The van der Waals surface area contributed by atoms with Crippen molar-refractivity contribution in [2.45, 2.75) is 68.3 Å². The molecule has 2 aliphatic heterocycles. The van der Waals surface area contributed by atoms with Crippen LogP contribution in [0, 0.1) is 0 Å². The second kappa shape index (κ2) is 7.01. The van der Waals surface area contributed by atoms with Gasteiger partial charge in [0.1, 0.15) is 42.7 Å². The van der Waals surface area contributed by atoms with Crippen molar-refractivity contribution in [2.75, 3.05) is 6.61 Å². The Morgan fingerprint density at radius 2 is 1.45 bits per heavy atom. The molecule has 2 saturated heterocycles. The van der Waals surface area contributed by atoms with Crippen molar-refractivity contribution in [1.29, 1.82) is 0 Å². The lowest BCUT2D eigenvalue weighted by atomic mass is 9.98. The molecule has 0 radical (unpaired) electrons. The minimum absolute atomic E-state index is 0.642. The zero-order valence-corrected chi connectivity index (χ0v) is 11.8. The van der Waals surface area contributed by atoms with Crippen LogP contribution < -0.4 is 0 Å². The second-order valence-corrected chi connectivity index (χ2v) is 5.51. The normalized spacial score (nSPS) is 53.5. The molecule has 0 aromatic carbocycles. The van der Waals surface area contributed by atoms with Gasteiger partial charge in [-0.1, -0.05) is 0 Å². The van der Waals surface area contributed by atoms with Gasteiger partial charge in [-0.2, -0.15) is 0 Å². The molecule has 0 aliphatic carbocycles. The molecule has 0 bridgehead atoms. The summed E-state index contributed by atoms with van der Waals surface area (Å²) in [4.78, 5) is 0. The summed E-state index contributed by atoms with van der Waals surface area (Å²) in [5.41, 5.74) is 0. The number of aliphatic hydroxyl groups is 7. The van der Waals surface area contributed by atoms with Crippen LogP contribution in [-0.4, -0.2) is 104 Å². The Bertz CT molecular complexity index is 366. The van der Waals surface area contributed by atoms with Gasteiger partial charge in [0.15, 0.2) is 12.6 Å². The monoisotopic (exact) mass is 326 g/mol.